The first kappa shape index (κ1) is 17.3. The summed E-state index contributed by atoms with van der Waals surface area (Å²) in [5, 5.41) is 9.50. The first-order valence-electron chi connectivity index (χ1n) is 7.48. The van der Waals surface area contributed by atoms with E-state index in [1.165, 1.54) is 6.21 Å². The number of aromatic nitrogens is 3. The van der Waals surface area contributed by atoms with Crippen molar-refractivity contribution in [3.8, 4) is 0 Å². The van der Waals surface area contributed by atoms with Crippen molar-refractivity contribution in [2.75, 3.05) is 0 Å². The molecule has 0 saturated heterocycles. The van der Waals surface area contributed by atoms with Gasteiger partial charge in [-0.05, 0) is 36.8 Å². The van der Waals surface area contributed by atoms with Gasteiger partial charge in [0, 0.05) is 11.2 Å². The van der Waals surface area contributed by atoms with Gasteiger partial charge in [-0.15, -0.1) is 0 Å². The minimum Gasteiger partial charge on any atom is -0.357 e. The standard InChI is InChI=1S/C17H15Cl2N5O/c1-11-14(9-21-22-17(25)15-3-2-8-20-15)16(19)24(23-11)10-12-4-6-13(18)7-5-12/h2-9,20H,10H2,1H3,(H,22,25)/b21-9-. The molecule has 0 radical (unpaired) electrons. The van der Waals surface area contributed by atoms with Gasteiger partial charge in [-0.1, -0.05) is 35.3 Å². The van der Waals surface area contributed by atoms with E-state index in [9.17, 15) is 4.79 Å². The van der Waals surface area contributed by atoms with Crippen molar-refractivity contribution in [1.82, 2.24) is 20.2 Å². The highest BCUT2D eigenvalue weighted by atomic mass is 35.5. The maximum absolute atomic E-state index is 11.8. The van der Waals surface area contributed by atoms with Crippen LogP contribution < -0.4 is 5.43 Å². The van der Waals surface area contributed by atoms with E-state index in [-0.39, 0.29) is 5.91 Å². The number of benzene rings is 1. The molecule has 2 aromatic heterocycles. The van der Waals surface area contributed by atoms with Crippen molar-refractivity contribution in [3.05, 3.63) is 75.3 Å². The number of carbonyl (C=O) groups is 1. The fraction of sp³-hybridized carbons (Fsp3) is 0.118. The van der Waals surface area contributed by atoms with Gasteiger partial charge >= 0.3 is 0 Å². The number of nitrogens with one attached hydrogen (secondary N) is 2. The Bertz CT molecular complexity index is 898. The van der Waals surface area contributed by atoms with Gasteiger partial charge in [-0.3, -0.25) is 4.79 Å². The summed E-state index contributed by atoms with van der Waals surface area (Å²) in [6, 6.07) is 10.9. The second kappa shape index (κ2) is 7.55. The quantitative estimate of drug-likeness (QED) is 0.527. The molecule has 0 unspecified atom stereocenters. The lowest BCUT2D eigenvalue weighted by molar-refractivity contribution is 0.0951. The van der Waals surface area contributed by atoms with Crippen molar-refractivity contribution in [2.45, 2.75) is 13.5 Å². The Morgan fingerprint density at radius 2 is 2.08 bits per heavy atom. The Hall–Kier alpha value is -2.57. The third-order valence-electron chi connectivity index (χ3n) is 3.56. The highest BCUT2D eigenvalue weighted by Gasteiger charge is 2.12. The Morgan fingerprint density at radius 1 is 1.32 bits per heavy atom. The van der Waals surface area contributed by atoms with Gasteiger partial charge < -0.3 is 4.98 Å². The first-order valence-corrected chi connectivity index (χ1v) is 8.24. The predicted molar refractivity (Wildman–Crippen MR) is 98.4 cm³/mol. The normalized spacial score (nSPS) is 11.2. The van der Waals surface area contributed by atoms with Gasteiger partial charge in [0.25, 0.3) is 5.91 Å². The number of aromatic amines is 1. The van der Waals surface area contributed by atoms with Gasteiger partial charge in [-0.25, -0.2) is 10.1 Å². The van der Waals surface area contributed by atoms with E-state index in [2.05, 4.69) is 20.6 Å². The Labute approximate surface area is 154 Å². The molecule has 2 heterocycles. The maximum atomic E-state index is 11.8. The van der Waals surface area contributed by atoms with Crippen LogP contribution in [0.3, 0.4) is 0 Å². The summed E-state index contributed by atoms with van der Waals surface area (Å²) < 4.78 is 1.67. The van der Waals surface area contributed by atoms with Crippen LogP contribution in [-0.4, -0.2) is 26.9 Å². The molecular weight excluding hydrogens is 361 g/mol. The zero-order valence-electron chi connectivity index (χ0n) is 13.3. The van der Waals surface area contributed by atoms with Crippen molar-refractivity contribution in [2.24, 2.45) is 5.10 Å². The van der Waals surface area contributed by atoms with E-state index in [0.717, 1.165) is 11.3 Å². The Kier molecular flexibility index (Phi) is 5.21. The summed E-state index contributed by atoms with van der Waals surface area (Å²) in [6.07, 6.45) is 3.16. The summed E-state index contributed by atoms with van der Waals surface area (Å²) in [4.78, 5) is 14.6. The third kappa shape index (κ3) is 4.10. The van der Waals surface area contributed by atoms with Gasteiger partial charge in [0.05, 0.1) is 24.0 Å². The van der Waals surface area contributed by atoms with Crippen LogP contribution in [0, 0.1) is 6.92 Å². The number of H-pyrrole nitrogens is 1. The molecule has 1 amide bonds. The van der Waals surface area contributed by atoms with Crippen molar-refractivity contribution >= 4 is 35.3 Å². The van der Waals surface area contributed by atoms with Gasteiger partial charge in [0.2, 0.25) is 0 Å². The summed E-state index contributed by atoms with van der Waals surface area (Å²) in [7, 11) is 0. The average Bonchev–Trinajstić information content (AvgIpc) is 3.21. The minimum absolute atomic E-state index is 0.330. The summed E-state index contributed by atoms with van der Waals surface area (Å²) in [5.41, 5.74) is 5.27. The molecule has 0 aliphatic carbocycles. The number of hydrogen-bond donors (Lipinski definition) is 2. The van der Waals surface area contributed by atoms with Crippen LogP contribution in [0.4, 0.5) is 0 Å². The number of hydrogen-bond acceptors (Lipinski definition) is 3. The van der Waals surface area contributed by atoms with Crippen LogP contribution in [0.1, 0.15) is 27.3 Å². The molecule has 0 atom stereocenters. The number of hydrazone groups is 1. The molecule has 0 fully saturated rings. The fourth-order valence-corrected chi connectivity index (χ4v) is 2.68. The number of carbonyl (C=O) groups excluding carboxylic acids is 1. The van der Waals surface area contributed by atoms with E-state index >= 15 is 0 Å². The molecule has 3 aromatic rings. The number of halogens is 2. The van der Waals surface area contributed by atoms with Crippen LogP contribution in [0.5, 0.6) is 0 Å². The zero-order chi connectivity index (χ0) is 17.8. The second-order valence-electron chi connectivity index (χ2n) is 5.36. The number of nitrogens with zero attached hydrogens (tertiary/aromatic N) is 3. The molecule has 6 nitrogen and oxygen atoms in total. The molecule has 0 aliphatic rings. The second-order valence-corrected chi connectivity index (χ2v) is 6.15. The van der Waals surface area contributed by atoms with Crippen molar-refractivity contribution < 1.29 is 4.79 Å². The van der Waals surface area contributed by atoms with Crippen molar-refractivity contribution in [1.29, 1.82) is 0 Å². The molecule has 8 heteroatoms. The van der Waals surface area contributed by atoms with E-state index in [4.69, 9.17) is 23.2 Å². The molecule has 0 spiro atoms. The minimum atomic E-state index is -0.330. The van der Waals surface area contributed by atoms with Crippen LogP contribution in [-0.2, 0) is 6.54 Å². The van der Waals surface area contributed by atoms with E-state index in [1.54, 1.807) is 23.0 Å². The fourth-order valence-electron chi connectivity index (χ4n) is 2.27. The van der Waals surface area contributed by atoms with E-state index in [0.29, 0.717) is 28.0 Å². The smallest absolute Gasteiger partial charge is 0.287 e. The summed E-state index contributed by atoms with van der Waals surface area (Å²) in [6.45, 7) is 2.35. The topological polar surface area (TPSA) is 75.1 Å². The Balaban J connectivity index is 1.72. The van der Waals surface area contributed by atoms with E-state index in [1.807, 2.05) is 31.2 Å². The van der Waals surface area contributed by atoms with Crippen molar-refractivity contribution in [3.63, 3.8) is 0 Å². The predicted octanol–water partition coefficient (Wildman–Crippen LogP) is 3.64. The van der Waals surface area contributed by atoms with Gasteiger partial charge in [0.15, 0.2) is 0 Å². The lowest BCUT2D eigenvalue weighted by Gasteiger charge is -2.03. The Morgan fingerprint density at radius 3 is 2.76 bits per heavy atom. The monoisotopic (exact) mass is 375 g/mol. The highest BCUT2D eigenvalue weighted by Crippen LogP contribution is 2.19. The SMILES string of the molecule is Cc1nn(Cc2ccc(Cl)cc2)c(Cl)c1/C=N\NC(=O)c1ccc[nH]1. The van der Waals surface area contributed by atoms with Crippen LogP contribution in [0.25, 0.3) is 0 Å². The number of rotatable bonds is 5. The summed E-state index contributed by atoms with van der Waals surface area (Å²) in [5.74, 6) is -0.330. The largest absolute Gasteiger partial charge is 0.357 e. The molecule has 0 saturated carbocycles. The highest BCUT2D eigenvalue weighted by molar-refractivity contribution is 6.32. The molecule has 25 heavy (non-hydrogen) atoms. The molecule has 0 aliphatic heterocycles. The molecule has 0 bridgehead atoms. The van der Waals surface area contributed by atoms with Gasteiger partial charge in [-0.2, -0.15) is 10.2 Å². The average molecular weight is 376 g/mol. The third-order valence-corrected chi connectivity index (χ3v) is 4.21. The lowest BCUT2D eigenvalue weighted by Crippen LogP contribution is -2.17. The molecule has 128 valence electrons. The lowest BCUT2D eigenvalue weighted by atomic mass is 10.2. The summed E-state index contributed by atoms with van der Waals surface area (Å²) >= 11 is 12.3. The van der Waals surface area contributed by atoms with Crippen LogP contribution >= 0.6 is 23.2 Å². The molecule has 1 aromatic carbocycles. The first-order chi connectivity index (χ1) is 12.0. The zero-order valence-corrected chi connectivity index (χ0v) is 14.8. The van der Waals surface area contributed by atoms with Crippen LogP contribution in [0.2, 0.25) is 10.2 Å². The van der Waals surface area contributed by atoms with Crippen LogP contribution in [0.15, 0.2) is 47.7 Å². The molecular formula is C17H15Cl2N5O. The van der Waals surface area contributed by atoms with E-state index < -0.39 is 0 Å². The molecule has 2 N–H and O–H groups in total. The van der Waals surface area contributed by atoms with Gasteiger partial charge in [0.1, 0.15) is 10.8 Å². The number of aryl methyl sites for hydroxylation is 1. The maximum Gasteiger partial charge on any atom is 0.287 e. The molecule has 3 rings (SSSR count). The number of amides is 1.